The number of benzene rings is 1. The predicted molar refractivity (Wildman–Crippen MR) is 101 cm³/mol. The SMILES string of the molecule is CC(C)c1nc2c(n1C)CCN(c1ccnc3c(Br)cccc13)C2. The summed E-state index contributed by atoms with van der Waals surface area (Å²) in [6.07, 6.45) is 2.93. The number of hydrogen-bond acceptors (Lipinski definition) is 3. The molecule has 3 aromatic rings. The van der Waals surface area contributed by atoms with Crippen LogP contribution < -0.4 is 4.90 Å². The molecular formula is C19H21BrN4. The van der Waals surface area contributed by atoms with Gasteiger partial charge in [-0.25, -0.2) is 4.98 Å². The van der Waals surface area contributed by atoms with Gasteiger partial charge in [0.05, 0.1) is 17.8 Å². The van der Waals surface area contributed by atoms with Crippen LogP contribution in [0.3, 0.4) is 0 Å². The first-order valence-electron chi connectivity index (χ1n) is 8.38. The Balaban J connectivity index is 1.76. The second-order valence-corrected chi connectivity index (χ2v) is 7.57. The average Bonchev–Trinajstić information content (AvgIpc) is 2.91. The number of halogens is 1. The molecule has 0 saturated carbocycles. The highest BCUT2D eigenvalue weighted by Crippen LogP contribution is 2.33. The largest absolute Gasteiger partial charge is 0.365 e. The van der Waals surface area contributed by atoms with Crippen molar-refractivity contribution in [2.24, 2.45) is 7.05 Å². The molecule has 0 amide bonds. The van der Waals surface area contributed by atoms with Crippen molar-refractivity contribution < 1.29 is 0 Å². The predicted octanol–water partition coefficient (Wildman–Crippen LogP) is 4.42. The molecule has 0 N–H and O–H groups in total. The van der Waals surface area contributed by atoms with Gasteiger partial charge in [-0.2, -0.15) is 0 Å². The zero-order valence-corrected chi connectivity index (χ0v) is 15.8. The van der Waals surface area contributed by atoms with Crippen molar-refractivity contribution in [1.29, 1.82) is 0 Å². The van der Waals surface area contributed by atoms with Crippen LogP contribution in [0.4, 0.5) is 5.69 Å². The topological polar surface area (TPSA) is 34.0 Å². The van der Waals surface area contributed by atoms with E-state index in [9.17, 15) is 0 Å². The van der Waals surface area contributed by atoms with Crippen LogP contribution in [-0.2, 0) is 20.0 Å². The Hall–Kier alpha value is -1.88. The summed E-state index contributed by atoms with van der Waals surface area (Å²) in [5.41, 5.74) is 4.86. The maximum Gasteiger partial charge on any atom is 0.111 e. The molecular weight excluding hydrogens is 364 g/mol. The van der Waals surface area contributed by atoms with Crippen molar-refractivity contribution in [3.05, 3.63) is 52.1 Å². The number of hydrogen-bond donors (Lipinski definition) is 0. The second kappa shape index (κ2) is 5.88. The van der Waals surface area contributed by atoms with E-state index in [2.05, 4.69) is 69.5 Å². The van der Waals surface area contributed by atoms with Gasteiger partial charge >= 0.3 is 0 Å². The van der Waals surface area contributed by atoms with Crippen LogP contribution >= 0.6 is 15.9 Å². The number of imidazole rings is 1. The second-order valence-electron chi connectivity index (χ2n) is 6.71. The fraction of sp³-hybridized carbons (Fsp3) is 0.368. The quantitative estimate of drug-likeness (QED) is 0.655. The Morgan fingerprint density at radius 1 is 1.21 bits per heavy atom. The Bertz CT molecular complexity index is 913. The molecule has 2 aromatic heterocycles. The molecule has 124 valence electrons. The summed E-state index contributed by atoms with van der Waals surface area (Å²) in [6, 6.07) is 8.38. The lowest BCUT2D eigenvalue weighted by atomic mass is 10.1. The molecule has 0 spiro atoms. The van der Waals surface area contributed by atoms with Crippen LogP contribution in [0.1, 0.15) is 37.0 Å². The van der Waals surface area contributed by atoms with Gasteiger partial charge in [-0.15, -0.1) is 0 Å². The van der Waals surface area contributed by atoms with Crippen LogP contribution in [0.25, 0.3) is 10.9 Å². The highest BCUT2D eigenvalue weighted by Gasteiger charge is 2.24. The smallest absolute Gasteiger partial charge is 0.111 e. The van der Waals surface area contributed by atoms with Gasteiger partial charge in [-0.1, -0.05) is 26.0 Å². The molecule has 5 heteroatoms. The van der Waals surface area contributed by atoms with E-state index in [1.165, 1.54) is 28.3 Å². The third-order valence-corrected chi connectivity index (χ3v) is 5.49. The van der Waals surface area contributed by atoms with Crippen LogP contribution in [0, 0.1) is 0 Å². The minimum Gasteiger partial charge on any atom is -0.365 e. The molecule has 1 aliphatic rings. The minimum absolute atomic E-state index is 0.451. The normalized spacial score (nSPS) is 14.5. The fourth-order valence-electron chi connectivity index (χ4n) is 3.67. The van der Waals surface area contributed by atoms with Gasteiger partial charge in [0.15, 0.2) is 0 Å². The molecule has 0 atom stereocenters. The van der Waals surface area contributed by atoms with Crippen LogP contribution in [-0.4, -0.2) is 21.1 Å². The average molecular weight is 385 g/mol. The number of rotatable bonds is 2. The van der Waals surface area contributed by atoms with Gasteiger partial charge in [0.1, 0.15) is 5.82 Å². The van der Waals surface area contributed by atoms with E-state index in [0.29, 0.717) is 5.92 Å². The molecule has 0 radical (unpaired) electrons. The molecule has 4 rings (SSSR count). The highest BCUT2D eigenvalue weighted by molar-refractivity contribution is 9.10. The van der Waals surface area contributed by atoms with Gasteiger partial charge < -0.3 is 9.47 Å². The molecule has 4 nitrogen and oxygen atoms in total. The first kappa shape index (κ1) is 15.6. The third-order valence-electron chi connectivity index (χ3n) is 4.85. The summed E-state index contributed by atoms with van der Waals surface area (Å²) in [5.74, 6) is 1.64. The van der Waals surface area contributed by atoms with Gasteiger partial charge in [0, 0.05) is 53.4 Å². The van der Waals surface area contributed by atoms with Crippen LogP contribution in [0.5, 0.6) is 0 Å². The van der Waals surface area contributed by atoms with E-state index in [-0.39, 0.29) is 0 Å². The number of pyridine rings is 1. The van der Waals surface area contributed by atoms with Crippen molar-refractivity contribution in [3.63, 3.8) is 0 Å². The maximum absolute atomic E-state index is 4.92. The van der Waals surface area contributed by atoms with E-state index >= 15 is 0 Å². The summed E-state index contributed by atoms with van der Waals surface area (Å²) < 4.78 is 3.33. The number of para-hydroxylation sites is 1. The molecule has 1 aromatic carbocycles. The monoisotopic (exact) mass is 384 g/mol. The molecule has 1 aliphatic heterocycles. The summed E-state index contributed by atoms with van der Waals surface area (Å²) in [5, 5.41) is 1.19. The zero-order chi connectivity index (χ0) is 16.8. The van der Waals surface area contributed by atoms with Crippen molar-refractivity contribution in [2.45, 2.75) is 32.7 Å². The van der Waals surface area contributed by atoms with Crippen LogP contribution in [0.2, 0.25) is 0 Å². The maximum atomic E-state index is 4.92. The summed E-state index contributed by atoms with van der Waals surface area (Å²) >= 11 is 3.61. The highest BCUT2D eigenvalue weighted by atomic mass is 79.9. The third kappa shape index (κ3) is 2.42. The number of nitrogens with zero attached hydrogens (tertiary/aromatic N) is 4. The van der Waals surface area contributed by atoms with Gasteiger partial charge in [0.2, 0.25) is 0 Å². The summed E-state index contributed by atoms with van der Waals surface area (Å²) in [6.45, 7) is 6.29. The van der Waals surface area contributed by atoms with Gasteiger partial charge in [-0.3, -0.25) is 4.98 Å². The Morgan fingerprint density at radius 2 is 2.04 bits per heavy atom. The first-order valence-corrected chi connectivity index (χ1v) is 9.18. The lowest BCUT2D eigenvalue weighted by molar-refractivity contribution is 0.663. The van der Waals surface area contributed by atoms with E-state index in [0.717, 1.165) is 29.5 Å². The molecule has 0 bridgehead atoms. The molecule has 0 fully saturated rings. The molecule has 3 heterocycles. The van der Waals surface area contributed by atoms with E-state index in [1.807, 2.05) is 12.3 Å². The standard InChI is InChI=1S/C19H21BrN4/c1-12(2)19-22-15-11-24(10-8-17(15)23(19)3)16-7-9-21-18-13(16)5-4-6-14(18)20/h4-7,9,12H,8,10-11H2,1-3H3. The Morgan fingerprint density at radius 3 is 2.83 bits per heavy atom. The first-order chi connectivity index (χ1) is 11.6. The van der Waals surface area contributed by atoms with Gasteiger partial charge in [0.25, 0.3) is 0 Å². The van der Waals surface area contributed by atoms with E-state index in [4.69, 9.17) is 4.98 Å². The zero-order valence-electron chi connectivity index (χ0n) is 14.3. The lowest BCUT2D eigenvalue weighted by Crippen LogP contribution is -2.31. The van der Waals surface area contributed by atoms with E-state index < -0.39 is 0 Å². The Kier molecular flexibility index (Phi) is 3.83. The summed E-state index contributed by atoms with van der Waals surface area (Å²) in [4.78, 5) is 11.9. The lowest BCUT2D eigenvalue weighted by Gasteiger charge is -2.29. The molecule has 0 unspecified atom stereocenters. The molecule has 0 saturated heterocycles. The van der Waals surface area contributed by atoms with Crippen molar-refractivity contribution in [2.75, 3.05) is 11.4 Å². The van der Waals surface area contributed by atoms with E-state index in [1.54, 1.807) is 0 Å². The van der Waals surface area contributed by atoms with Crippen LogP contribution in [0.15, 0.2) is 34.9 Å². The van der Waals surface area contributed by atoms with Gasteiger partial charge in [-0.05, 0) is 28.1 Å². The molecule has 0 aliphatic carbocycles. The minimum atomic E-state index is 0.451. The van der Waals surface area contributed by atoms with Crippen molar-refractivity contribution >= 4 is 32.5 Å². The fourth-order valence-corrected chi connectivity index (χ4v) is 4.14. The van der Waals surface area contributed by atoms with Crippen molar-refractivity contribution in [1.82, 2.24) is 14.5 Å². The Labute approximate surface area is 150 Å². The van der Waals surface area contributed by atoms with Crippen molar-refractivity contribution in [3.8, 4) is 0 Å². The summed E-state index contributed by atoms with van der Waals surface area (Å²) in [7, 11) is 2.15. The number of fused-ring (bicyclic) bond motifs is 2. The number of anilines is 1. The molecule has 24 heavy (non-hydrogen) atoms. The number of aromatic nitrogens is 3.